The number of nitrogens with zero attached hydrogens (tertiary/aromatic N) is 1. The van der Waals surface area contributed by atoms with Gasteiger partial charge in [-0.15, -0.1) is 0 Å². The molecule has 3 heteroatoms. The Morgan fingerprint density at radius 2 is 1.25 bits per heavy atom. The van der Waals surface area contributed by atoms with Crippen LogP contribution in [0.3, 0.4) is 0 Å². The van der Waals surface area contributed by atoms with E-state index in [0.29, 0.717) is 5.56 Å². The van der Waals surface area contributed by atoms with Gasteiger partial charge in [-0.25, -0.2) is 0 Å². The summed E-state index contributed by atoms with van der Waals surface area (Å²) in [6.45, 7) is 0. The summed E-state index contributed by atoms with van der Waals surface area (Å²) < 4.78 is 0. The van der Waals surface area contributed by atoms with Gasteiger partial charge in [-0.3, -0.25) is 0 Å². The number of phenols is 1. The van der Waals surface area contributed by atoms with Crippen LogP contribution in [-0.2, 0) is 0 Å². The van der Waals surface area contributed by atoms with Crippen molar-refractivity contribution in [3.63, 3.8) is 0 Å². The third-order valence-corrected chi connectivity index (χ3v) is 2.21. The molecule has 0 bridgehead atoms. The maximum absolute atomic E-state index is 9.14. The van der Waals surface area contributed by atoms with Crippen molar-refractivity contribution in [2.24, 2.45) is 0 Å². The van der Waals surface area contributed by atoms with Gasteiger partial charge in [-0.1, -0.05) is 24.3 Å². The molecule has 0 heterocycles. The van der Waals surface area contributed by atoms with Crippen molar-refractivity contribution in [2.45, 2.75) is 0 Å². The molecule has 2 aromatic carbocycles. The zero-order valence-electron chi connectivity index (χ0n) is 9.01. The van der Waals surface area contributed by atoms with Crippen LogP contribution in [0.2, 0.25) is 0 Å². The van der Waals surface area contributed by atoms with E-state index in [9.17, 15) is 0 Å². The average molecular weight is 234 g/mol. The van der Waals surface area contributed by atoms with Crippen LogP contribution >= 0.6 is 0 Å². The molecule has 16 heavy (non-hydrogen) atoms. The number of hydrogen-bond acceptors (Lipinski definition) is 2. The van der Waals surface area contributed by atoms with E-state index in [1.807, 2.05) is 24.3 Å². The van der Waals surface area contributed by atoms with E-state index in [-0.39, 0.29) is 57.1 Å². The van der Waals surface area contributed by atoms with E-state index in [2.05, 4.69) is 6.07 Å². The summed E-state index contributed by atoms with van der Waals surface area (Å²) in [5.74, 6) is 0.257. The third-order valence-electron chi connectivity index (χ3n) is 2.21. The smallest absolute Gasteiger partial charge is 0.115 e. The fourth-order valence-electron chi connectivity index (χ4n) is 1.39. The van der Waals surface area contributed by atoms with Gasteiger partial charge in [-0.05, 0) is 35.4 Å². The molecule has 0 saturated carbocycles. The molecule has 1 radical (unpaired) electrons. The minimum atomic E-state index is 0. The van der Waals surface area contributed by atoms with Crippen molar-refractivity contribution in [1.29, 1.82) is 5.26 Å². The predicted octanol–water partition coefficient (Wildman–Crippen LogP) is 2.55. The van der Waals surface area contributed by atoms with Crippen LogP contribution in [-0.4, -0.2) is 56.5 Å². The maximum atomic E-state index is 9.14. The number of benzene rings is 2. The Hall–Kier alpha value is -0.634. The average Bonchev–Trinajstić information content (AvgIpc) is 2.30. The van der Waals surface area contributed by atoms with Crippen molar-refractivity contribution < 1.29 is 5.11 Å². The Labute approximate surface area is 137 Å². The molecule has 0 aromatic heterocycles. The molecule has 0 saturated heterocycles. The van der Waals surface area contributed by atoms with Gasteiger partial charge in [-0.2, -0.15) is 5.26 Å². The summed E-state index contributed by atoms with van der Waals surface area (Å²) in [6.07, 6.45) is 0. The molecule has 0 fully saturated rings. The number of aromatic hydroxyl groups is 1. The second kappa shape index (κ2) is 6.19. The first-order valence-corrected chi connectivity index (χ1v) is 4.59. The van der Waals surface area contributed by atoms with Crippen molar-refractivity contribution in [3.8, 4) is 22.9 Å². The van der Waals surface area contributed by atoms with Gasteiger partial charge in [0.1, 0.15) is 5.75 Å². The number of nitriles is 1. The number of rotatable bonds is 1. The van der Waals surface area contributed by atoms with Gasteiger partial charge >= 0.3 is 0 Å². The molecule has 0 aliphatic carbocycles. The molecular weight excluding hydrogens is 225 g/mol. The first-order valence-electron chi connectivity index (χ1n) is 4.59. The molecule has 0 atom stereocenters. The first kappa shape index (κ1) is 13.4. The minimum Gasteiger partial charge on any atom is -0.508 e. The molecule has 0 amide bonds. The molecular formula is C13H9KNO. The van der Waals surface area contributed by atoms with Gasteiger partial charge in [0, 0.05) is 51.4 Å². The van der Waals surface area contributed by atoms with E-state index in [0.717, 1.165) is 11.1 Å². The predicted molar refractivity (Wildman–Crippen MR) is 64.0 cm³/mol. The van der Waals surface area contributed by atoms with Gasteiger partial charge in [0.2, 0.25) is 0 Å². The monoisotopic (exact) mass is 234 g/mol. The number of phenolic OH excluding ortho intramolecular Hbond substituents is 1. The number of hydrogen-bond donors (Lipinski definition) is 1. The van der Waals surface area contributed by atoms with Gasteiger partial charge in [0.25, 0.3) is 0 Å². The van der Waals surface area contributed by atoms with Gasteiger partial charge in [0.05, 0.1) is 11.6 Å². The van der Waals surface area contributed by atoms with E-state index in [1.165, 1.54) is 0 Å². The minimum absolute atomic E-state index is 0. The quantitative estimate of drug-likeness (QED) is 0.771. The van der Waals surface area contributed by atoms with Crippen LogP contribution in [0.4, 0.5) is 0 Å². The molecule has 2 nitrogen and oxygen atoms in total. The molecule has 2 rings (SSSR count). The first-order chi connectivity index (χ1) is 7.29. The summed E-state index contributed by atoms with van der Waals surface area (Å²) in [4.78, 5) is 0. The van der Waals surface area contributed by atoms with Gasteiger partial charge in [0.15, 0.2) is 0 Å². The van der Waals surface area contributed by atoms with Crippen molar-refractivity contribution in [2.75, 3.05) is 0 Å². The molecule has 0 unspecified atom stereocenters. The fraction of sp³-hybridized carbons (Fsp3) is 0. The zero-order chi connectivity index (χ0) is 10.7. The molecule has 0 spiro atoms. The normalized spacial score (nSPS) is 8.94. The third kappa shape index (κ3) is 3.18. The Morgan fingerprint density at radius 1 is 0.812 bits per heavy atom. The Kier molecular flexibility index (Phi) is 5.19. The molecule has 73 valence electrons. The fourth-order valence-corrected chi connectivity index (χ4v) is 1.39. The second-order valence-corrected chi connectivity index (χ2v) is 3.24. The molecule has 2 aromatic rings. The van der Waals surface area contributed by atoms with E-state index in [4.69, 9.17) is 10.4 Å². The molecule has 0 aliphatic rings. The molecule has 1 N–H and O–H groups in total. The van der Waals surface area contributed by atoms with Crippen LogP contribution in [0.1, 0.15) is 5.56 Å². The largest absolute Gasteiger partial charge is 0.508 e. The van der Waals surface area contributed by atoms with Crippen LogP contribution in [0, 0.1) is 11.3 Å². The van der Waals surface area contributed by atoms with E-state index in [1.54, 1.807) is 24.3 Å². The Morgan fingerprint density at radius 3 is 1.69 bits per heavy atom. The van der Waals surface area contributed by atoms with Crippen LogP contribution in [0.5, 0.6) is 5.75 Å². The maximum Gasteiger partial charge on any atom is 0.115 e. The van der Waals surface area contributed by atoms with Crippen molar-refractivity contribution >= 4 is 51.4 Å². The van der Waals surface area contributed by atoms with Crippen LogP contribution in [0.15, 0.2) is 48.5 Å². The Bertz CT molecular complexity index is 497. The van der Waals surface area contributed by atoms with E-state index >= 15 is 0 Å². The topological polar surface area (TPSA) is 44.0 Å². The summed E-state index contributed by atoms with van der Waals surface area (Å²) in [5.41, 5.74) is 2.71. The van der Waals surface area contributed by atoms with E-state index < -0.39 is 0 Å². The summed E-state index contributed by atoms with van der Waals surface area (Å²) in [6, 6.07) is 16.4. The van der Waals surface area contributed by atoms with Crippen molar-refractivity contribution in [3.05, 3.63) is 54.1 Å². The molecule has 0 aliphatic heterocycles. The van der Waals surface area contributed by atoms with Crippen molar-refractivity contribution in [1.82, 2.24) is 0 Å². The van der Waals surface area contributed by atoms with Gasteiger partial charge < -0.3 is 5.11 Å². The summed E-state index contributed by atoms with van der Waals surface area (Å²) >= 11 is 0. The SMILES string of the molecule is N#Cc1ccc(-c2ccc(O)cc2)cc1.[K]. The Balaban J connectivity index is 0.00000128. The second-order valence-electron chi connectivity index (χ2n) is 3.24. The van der Waals surface area contributed by atoms with Crippen LogP contribution in [0.25, 0.3) is 11.1 Å². The summed E-state index contributed by atoms with van der Waals surface area (Å²) in [5, 5.41) is 17.8. The van der Waals surface area contributed by atoms with Crippen LogP contribution < -0.4 is 0 Å². The standard InChI is InChI=1S/C13H9NO.K/c14-9-10-1-3-11(4-2-10)12-5-7-13(15)8-6-12;/h1-8,15H;. The summed E-state index contributed by atoms with van der Waals surface area (Å²) in [7, 11) is 0. The zero-order valence-corrected chi connectivity index (χ0v) is 12.1.